The van der Waals surface area contributed by atoms with Crippen LogP contribution >= 0.6 is 11.6 Å². The Bertz CT molecular complexity index is 1040. The number of fused-ring (bicyclic) bond motifs is 1. The van der Waals surface area contributed by atoms with Crippen LogP contribution in [0.3, 0.4) is 0 Å². The Hall–Kier alpha value is -2.59. The van der Waals surface area contributed by atoms with Gasteiger partial charge in [0.1, 0.15) is 0 Å². The Morgan fingerprint density at radius 1 is 0.821 bits per heavy atom. The normalized spacial score (nSPS) is 13.5. The predicted molar refractivity (Wildman–Crippen MR) is 116 cm³/mol. The average molecular weight is 391 g/mol. The molecule has 0 unspecified atom stereocenters. The zero-order valence-corrected chi connectivity index (χ0v) is 16.2. The molecule has 3 nitrogen and oxygen atoms in total. The molecule has 0 bridgehead atoms. The van der Waals surface area contributed by atoms with Gasteiger partial charge in [-0.3, -0.25) is 0 Å². The summed E-state index contributed by atoms with van der Waals surface area (Å²) in [7, 11) is 0. The molecule has 0 saturated carbocycles. The standard InChI is InChI=1S/C24H23ClN2O/c25-22-12-6-4-10-18(22)20(21-15-27-23-13-7-5-11-19(21)23)14-26-16-24(28)17-8-2-1-3-9-17/h1-13,15,20,24,26-28H,14,16H2/t20-,24+/m0/s1. The van der Waals surface area contributed by atoms with E-state index in [1.54, 1.807) is 0 Å². The molecule has 0 amide bonds. The Kier molecular flexibility index (Phi) is 5.77. The maximum absolute atomic E-state index is 10.5. The van der Waals surface area contributed by atoms with Gasteiger partial charge in [-0.25, -0.2) is 0 Å². The van der Waals surface area contributed by atoms with Crippen molar-refractivity contribution in [3.05, 3.63) is 107 Å². The number of hydrogen-bond donors (Lipinski definition) is 3. The monoisotopic (exact) mass is 390 g/mol. The molecule has 1 aromatic heterocycles. The molecule has 0 aliphatic rings. The molecule has 0 radical (unpaired) electrons. The lowest BCUT2D eigenvalue weighted by molar-refractivity contribution is 0.174. The highest BCUT2D eigenvalue weighted by Gasteiger charge is 2.20. The Balaban J connectivity index is 1.58. The second-order valence-electron chi connectivity index (χ2n) is 6.95. The van der Waals surface area contributed by atoms with Crippen molar-refractivity contribution in [1.82, 2.24) is 10.3 Å². The van der Waals surface area contributed by atoms with E-state index in [0.29, 0.717) is 13.1 Å². The first kappa shape index (κ1) is 18.8. The van der Waals surface area contributed by atoms with Gasteiger partial charge in [-0.05, 0) is 28.8 Å². The van der Waals surface area contributed by atoms with Gasteiger partial charge in [0, 0.05) is 41.1 Å². The number of aliphatic hydroxyl groups is 1. The molecular weight excluding hydrogens is 368 g/mol. The molecule has 3 aromatic carbocycles. The van der Waals surface area contributed by atoms with Gasteiger partial charge in [-0.15, -0.1) is 0 Å². The lowest BCUT2D eigenvalue weighted by atomic mass is 9.90. The van der Waals surface area contributed by atoms with Crippen LogP contribution in [0.1, 0.15) is 28.7 Å². The topological polar surface area (TPSA) is 48.0 Å². The van der Waals surface area contributed by atoms with Gasteiger partial charge in [0.2, 0.25) is 0 Å². The van der Waals surface area contributed by atoms with E-state index < -0.39 is 6.10 Å². The number of H-pyrrole nitrogens is 1. The zero-order chi connectivity index (χ0) is 19.3. The fourth-order valence-corrected chi connectivity index (χ4v) is 3.95. The molecule has 1 heterocycles. The van der Waals surface area contributed by atoms with Crippen molar-refractivity contribution < 1.29 is 5.11 Å². The van der Waals surface area contributed by atoms with Gasteiger partial charge < -0.3 is 15.4 Å². The van der Waals surface area contributed by atoms with Gasteiger partial charge >= 0.3 is 0 Å². The number of aromatic nitrogens is 1. The summed E-state index contributed by atoms with van der Waals surface area (Å²) in [5, 5.41) is 15.9. The fraction of sp³-hybridized carbons (Fsp3) is 0.167. The van der Waals surface area contributed by atoms with Crippen LogP contribution in [0.2, 0.25) is 5.02 Å². The van der Waals surface area contributed by atoms with Crippen LogP contribution in [-0.2, 0) is 0 Å². The van der Waals surface area contributed by atoms with Gasteiger partial charge in [0.25, 0.3) is 0 Å². The number of aliphatic hydroxyl groups excluding tert-OH is 1. The molecule has 4 heteroatoms. The second kappa shape index (κ2) is 8.61. The molecule has 0 aliphatic carbocycles. The molecule has 0 saturated heterocycles. The highest BCUT2D eigenvalue weighted by Crippen LogP contribution is 2.34. The zero-order valence-electron chi connectivity index (χ0n) is 15.5. The van der Waals surface area contributed by atoms with Crippen molar-refractivity contribution in [3.63, 3.8) is 0 Å². The summed E-state index contributed by atoms with van der Waals surface area (Å²) >= 11 is 6.54. The van der Waals surface area contributed by atoms with Gasteiger partial charge in [-0.2, -0.15) is 0 Å². The molecule has 4 rings (SSSR count). The van der Waals surface area contributed by atoms with Gasteiger partial charge in [0.15, 0.2) is 0 Å². The SMILES string of the molecule is O[C@H](CNC[C@@H](c1ccccc1Cl)c1c[nH]c2ccccc12)c1ccccc1. The third-order valence-electron chi connectivity index (χ3n) is 5.15. The van der Waals surface area contributed by atoms with E-state index in [1.165, 1.54) is 10.9 Å². The van der Waals surface area contributed by atoms with E-state index in [4.69, 9.17) is 11.6 Å². The van der Waals surface area contributed by atoms with Crippen LogP contribution in [0.5, 0.6) is 0 Å². The highest BCUT2D eigenvalue weighted by molar-refractivity contribution is 6.31. The second-order valence-corrected chi connectivity index (χ2v) is 7.36. The number of halogens is 1. The first-order valence-electron chi connectivity index (χ1n) is 9.48. The first-order valence-corrected chi connectivity index (χ1v) is 9.86. The number of benzene rings is 3. The lowest BCUT2D eigenvalue weighted by Gasteiger charge is -2.21. The summed E-state index contributed by atoms with van der Waals surface area (Å²) in [6.07, 6.45) is 1.52. The number of rotatable bonds is 7. The molecular formula is C24H23ClN2O. The third kappa shape index (κ3) is 3.97. The molecule has 0 fully saturated rings. The summed E-state index contributed by atoms with van der Waals surface area (Å²) in [5.74, 6) is 0.0767. The third-order valence-corrected chi connectivity index (χ3v) is 5.49. The Labute approximate surface area is 170 Å². The van der Waals surface area contributed by atoms with Crippen molar-refractivity contribution in [2.45, 2.75) is 12.0 Å². The van der Waals surface area contributed by atoms with E-state index in [2.05, 4.69) is 40.8 Å². The molecule has 0 spiro atoms. The van der Waals surface area contributed by atoms with Crippen LogP contribution in [0.25, 0.3) is 10.9 Å². The van der Waals surface area contributed by atoms with Crippen LogP contribution < -0.4 is 5.32 Å². The van der Waals surface area contributed by atoms with Gasteiger partial charge in [0.05, 0.1) is 6.10 Å². The number of aromatic amines is 1. The molecule has 2 atom stereocenters. The molecule has 4 aromatic rings. The molecule has 0 aliphatic heterocycles. The van der Waals surface area contributed by atoms with Crippen molar-refractivity contribution in [3.8, 4) is 0 Å². The van der Waals surface area contributed by atoms with Crippen LogP contribution in [-0.4, -0.2) is 23.2 Å². The number of hydrogen-bond acceptors (Lipinski definition) is 2. The smallest absolute Gasteiger partial charge is 0.0914 e. The van der Waals surface area contributed by atoms with E-state index in [9.17, 15) is 5.11 Å². The molecule has 3 N–H and O–H groups in total. The summed E-state index contributed by atoms with van der Waals surface area (Å²) in [6, 6.07) is 26.0. The van der Waals surface area contributed by atoms with Crippen molar-refractivity contribution in [1.29, 1.82) is 0 Å². The van der Waals surface area contributed by atoms with Crippen molar-refractivity contribution in [2.75, 3.05) is 13.1 Å². The summed E-state index contributed by atoms with van der Waals surface area (Å²) < 4.78 is 0. The Morgan fingerprint density at radius 3 is 2.36 bits per heavy atom. The minimum absolute atomic E-state index is 0.0767. The number of nitrogens with one attached hydrogen (secondary N) is 2. The van der Waals surface area contributed by atoms with Crippen LogP contribution in [0, 0.1) is 0 Å². The fourth-order valence-electron chi connectivity index (χ4n) is 3.68. The largest absolute Gasteiger partial charge is 0.387 e. The summed E-state index contributed by atoms with van der Waals surface area (Å²) in [6.45, 7) is 1.16. The molecule has 28 heavy (non-hydrogen) atoms. The first-order chi connectivity index (χ1) is 13.7. The van der Waals surface area contributed by atoms with Gasteiger partial charge in [-0.1, -0.05) is 78.3 Å². The van der Waals surface area contributed by atoms with Crippen molar-refractivity contribution >= 4 is 22.5 Å². The average Bonchev–Trinajstić information content (AvgIpc) is 3.16. The lowest BCUT2D eigenvalue weighted by Crippen LogP contribution is -2.27. The predicted octanol–water partition coefficient (Wildman–Crippen LogP) is 5.28. The van der Waals surface area contributed by atoms with E-state index in [1.807, 2.05) is 54.6 Å². The molecule has 142 valence electrons. The van der Waals surface area contributed by atoms with E-state index in [0.717, 1.165) is 21.7 Å². The van der Waals surface area contributed by atoms with E-state index >= 15 is 0 Å². The minimum Gasteiger partial charge on any atom is -0.387 e. The quantitative estimate of drug-likeness (QED) is 0.402. The number of para-hydroxylation sites is 1. The maximum Gasteiger partial charge on any atom is 0.0914 e. The van der Waals surface area contributed by atoms with Crippen molar-refractivity contribution in [2.24, 2.45) is 0 Å². The van der Waals surface area contributed by atoms with Crippen LogP contribution in [0.4, 0.5) is 0 Å². The minimum atomic E-state index is -0.545. The summed E-state index contributed by atoms with van der Waals surface area (Å²) in [4.78, 5) is 3.36. The van der Waals surface area contributed by atoms with Crippen LogP contribution in [0.15, 0.2) is 85.1 Å². The summed E-state index contributed by atoms with van der Waals surface area (Å²) in [5.41, 5.74) is 4.30. The highest BCUT2D eigenvalue weighted by atomic mass is 35.5. The van der Waals surface area contributed by atoms with E-state index in [-0.39, 0.29) is 5.92 Å². The maximum atomic E-state index is 10.5. The Morgan fingerprint density at radius 2 is 1.54 bits per heavy atom.